The quantitative estimate of drug-likeness (QED) is 0.632. The number of carbonyl (C=O) groups is 1. The van der Waals surface area contributed by atoms with Crippen LogP contribution in [0.5, 0.6) is 5.75 Å². The molecule has 1 aromatic heterocycles. The maximum absolute atomic E-state index is 12.7. The monoisotopic (exact) mass is 342 g/mol. The van der Waals surface area contributed by atoms with E-state index in [1.165, 1.54) is 0 Å². The highest BCUT2D eigenvalue weighted by Gasteiger charge is 2.56. The first-order chi connectivity index (χ1) is 11.6. The molecule has 2 aliphatic rings. The molecule has 0 saturated carbocycles. The molecule has 2 aliphatic heterocycles. The van der Waals surface area contributed by atoms with Gasteiger partial charge < -0.3 is 13.9 Å². The highest BCUT2D eigenvalue weighted by molar-refractivity contribution is 5.91. The van der Waals surface area contributed by atoms with Gasteiger partial charge in [0.25, 0.3) is 0 Å². The Morgan fingerprint density at radius 1 is 1.24 bits per heavy atom. The van der Waals surface area contributed by atoms with Crippen molar-refractivity contribution >= 4 is 16.8 Å². The van der Waals surface area contributed by atoms with E-state index < -0.39 is 22.7 Å². The smallest absolute Gasteiger partial charge is 0.343 e. The van der Waals surface area contributed by atoms with Crippen LogP contribution < -0.4 is 10.4 Å². The third-order valence-corrected chi connectivity index (χ3v) is 5.69. The maximum Gasteiger partial charge on any atom is 0.343 e. The molecule has 3 atom stereocenters. The fourth-order valence-electron chi connectivity index (χ4n) is 3.92. The van der Waals surface area contributed by atoms with E-state index in [1.54, 1.807) is 6.07 Å². The number of fused-ring (bicyclic) bond motifs is 3. The van der Waals surface area contributed by atoms with Crippen LogP contribution in [-0.2, 0) is 14.9 Å². The van der Waals surface area contributed by atoms with Gasteiger partial charge in [0.15, 0.2) is 5.78 Å². The summed E-state index contributed by atoms with van der Waals surface area (Å²) >= 11 is 0. The number of ether oxygens (including phenoxy) is 2. The van der Waals surface area contributed by atoms with Crippen molar-refractivity contribution in [1.82, 2.24) is 0 Å². The van der Waals surface area contributed by atoms with E-state index in [1.807, 2.05) is 46.8 Å². The molecule has 0 bridgehead atoms. The second-order valence-corrected chi connectivity index (χ2v) is 7.96. The summed E-state index contributed by atoms with van der Waals surface area (Å²) in [6.07, 6.45) is -0.520. The fourth-order valence-corrected chi connectivity index (χ4v) is 3.92. The molecule has 5 heteroatoms. The van der Waals surface area contributed by atoms with Crippen molar-refractivity contribution in [3.05, 3.63) is 39.7 Å². The number of ketones is 1. The van der Waals surface area contributed by atoms with Gasteiger partial charge in [0.1, 0.15) is 23.5 Å². The zero-order valence-electron chi connectivity index (χ0n) is 15.1. The van der Waals surface area contributed by atoms with Gasteiger partial charge in [-0.15, -0.1) is 0 Å². The summed E-state index contributed by atoms with van der Waals surface area (Å²) in [4.78, 5) is 25.4. The highest BCUT2D eigenvalue weighted by atomic mass is 16.6. The molecular formula is C20H22O5. The van der Waals surface area contributed by atoms with Crippen LogP contribution in [0.3, 0.4) is 0 Å². The van der Waals surface area contributed by atoms with E-state index >= 15 is 0 Å². The summed E-state index contributed by atoms with van der Waals surface area (Å²) in [6.45, 7) is 9.54. The summed E-state index contributed by atoms with van der Waals surface area (Å²) < 4.78 is 17.1. The van der Waals surface area contributed by atoms with Crippen LogP contribution in [-0.4, -0.2) is 23.6 Å². The van der Waals surface area contributed by atoms with E-state index in [9.17, 15) is 9.59 Å². The lowest BCUT2D eigenvalue weighted by Gasteiger charge is -2.26. The van der Waals surface area contributed by atoms with Gasteiger partial charge in [-0.05, 0) is 39.3 Å². The van der Waals surface area contributed by atoms with Gasteiger partial charge in [0.05, 0.1) is 16.6 Å². The molecule has 132 valence electrons. The normalized spacial score (nSPS) is 29.3. The molecule has 1 aromatic carbocycles. The summed E-state index contributed by atoms with van der Waals surface area (Å²) in [6, 6.07) is 5.57. The van der Waals surface area contributed by atoms with E-state index in [0.717, 1.165) is 10.9 Å². The molecule has 1 fully saturated rings. The summed E-state index contributed by atoms with van der Waals surface area (Å²) in [5.41, 5.74) is 0.386. The molecule has 3 heterocycles. The molecule has 0 aliphatic carbocycles. The first kappa shape index (κ1) is 16.3. The number of aryl methyl sites for hydroxylation is 1. The van der Waals surface area contributed by atoms with Crippen molar-refractivity contribution < 1.29 is 18.7 Å². The summed E-state index contributed by atoms with van der Waals surface area (Å²) in [5, 5.41) is 0.808. The van der Waals surface area contributed by atoms with Crippen molar-refractivity contribution in [3.63, 3.8) is 0 Å². The van der Waals surface area contributed by atoms with Crippen LogP contribution in [0.15, 0.2) is 27.4 Å². The zero-order valence-corrected chi connectivity index (χ0v) is 15.1. The Kier molecular flexibility index (Phi) is 3.23. The van der Waals surface area contributed by atoms with E-state index in [4.69, 9.17) is 13.9 Å². The lowest BCUT2D eigenvalue weighted by atomic mass is 9.75. The highest BCUT2D eigenvalue weighted by Crippen LogP contribution is 2.49. The standard InChI is InChI=1S/C20H22O5/c1-10-7-6-8-13-14(10)16-15(18(22)24-13)20(5,11(2)23-16)9-12(21)17-19(3,4)25-17/h6-8,11,17H,9H2,1-5H3/t11-,17?,20+/m1/s1. The molecule has 1 unspecified atom stereocenters. The van der Waals surface area contributed by atoms with Gasteiger partial charge in [-0.3, -0.25) is 4.79 Å². The largest absolute Gasteiger partial charge is 0.488 e. The van der Waals surface area contributed by atoms with E-state index in [-0.39, 0.29) is 18.3 Å². The van der Waals surface area contributed by atoms with Gasteiger partial charge >= 0.3 is 5.63 Å². The Labute approximate surface area is 145 Å². The Hall–Kier alpha value is -2.14. The van der Waals surface area contributed by atoms with Gasteiger partial charge in [0, 0.05) is 11.8 Å². The molecule has 0 amide bonds. The number of benzene rings is 1. The molecule has 0 radical (unpaired) electrons. The molecule has 2 aromatic rings. The van der Waals surface area contributed by atoms with Crippen LogP contribution in [0.4, 0.5) is 0 Å². The summed E-state index contributed by atoms with van der Waals surface area (Å²) in [7, 11) is 0. The van der Waals surface area contributed by atoms with Crippen LogP contribution >= 0.6 is 0 Å². The van der Waals surface area contributed by atoms with Crippen LogP contribution in [0.1, 0.15) is 45.2 Å². The predicted octanol–water partition coefficient (Wildman–Crippen LogP) is 3.28. The third-order valence-electron chi connectivity index (χ3n) is 5.69. The Balaban J connectivity index is 1.84. The Morgan fingerprint density at radius 2 is 1.92 bits per heavy atom. The van der Waals surface area contributed by atoms with E-state index in [2.05, 4.69) is 0 Å². The molecule has 0 N–H and O–H groups in total. The first-order valence-corrected chi connectivity index (χ1v) is 8.59. The number of Topliss-reactive ketones (excluding diaryl/α,β-unsaturated/α-hetero) is 1. The first-order valence-electron chi connectivity index (χ1n) is 8.59. The van der Waals surface area contributed by atoms with Crippen molar-refractivity contribution in [2.45, 2.75) is 64.3 Å². The summed E-state index contributed by atoms with van der Waals surface area (Å²) in [5.74, 6) is 0.559. The fraction of sp³-hybridized carbons (Fsp3) is 0.500. The number of hydrogen-bond donors (Lipinski definition) is 0. The molecular weight excluding hydrogens is 320 g/mol. The number of hydrogen-bond acceptors (Lipinski definition) is 5. The topological polar surface area (TPSA) is 69.0 Å². The van der Waals surface area contributed by atoms with Gasteiger partial charge in [-0.1, -0.05) is 19.1 Å². The number of rotatable bonds is 3. The minimum Gasteiger partial charge on any atom is -0.488 e. The van der Waals surface area contributed by atoms with Crippen LogP contribution in [0, 0.1) is 6.92 Å². The minimum atomic E-state index is -0.731. The molecule has 5 nitrogen and oxygen atoms in total. The lowest BCUT2D eigenvalue weighted by Crippen LogP contribution is -2.39. The number of carbonyl (C=O) groups excluding carboxylic acids is 1. The number of epoxide rings is 1. The van der Waals surface area contributed by atoms with Crippen molar-refractivity contribution in [3.8, 4) is 5.75 Å². The lowest BCUT2D eigenvalue weighted by molar-refractivity contribution is -0.122. The van der Waals surface area contributed by atoms with Crippen molar-refractivity contribution in [1.29, 1.82) is 0 Å². The van der Waals surface area contributed by atoms with Crippen molar-refractivity contribution in [2.24, 2.45) is 0 Å². The van der Waals surface area contributed by atoms with Crippen LogP contribution in [0.2, 0.25) is 0 Å². The maximum atomic E-state index is 12.7. The second-order valence-electron chi connectivity index (χ2n) is 7.96. The van der Waals surface area contributed by atoms with Gasteiger partial charge in [0.2, 0.25) is 0 Å². The average Bonchev–Trinajstić information content (AvgIpc) is 3.07. The Morgan fingerprint density at radius 3 is 2.56 bits per heavy atom. The minimum absolute atomic E-state index is 0.0000746. The molecule has 25 heavy (non-hydrogen) atoms. The second kappa shape index (κ2) is 4.94. The van der Waals surface area contributed by atoms with Gasteiger partial charge in [-0.2, -0.15) is 0 Å². The molecule has 1 saturated heterocycles. The van der Waals surface area contributed by atoms with E-state index in [0.29, 0.717) is 16.9 Å². The van der Waals surface area contributed by atoms with Gasteiger partial charge in [-0.25, -0.2) is 4.79 Å². The Bertz CT molecular complexity index is 954. The predicted molar refractivity (Wildman–Crippen MR) is 93.2 cm³/mol. The molecule has 4 rings (SSSR count). The van der Waals surface area contributed by atoms with Crippen molar-refractivity contribution in [2.75, 3.05) is 0 Å². The zero-order chi connectivity index (χ0) is 18.1. The third kappa shape index (κ3) is 2.25. The average molecular weight is 342 g/mol. The SMILES string of the molecule is Cc1cccc2oc(=O)c3c(c12)O[C@H](C)[C@]3(C)CC(=O)C1OC1(C)C. The van der Waals surface area contributed by atoms with Crippen LogP contribution in [0.25, 0.3) is 11.0 Å². The molecule has 0 spiro atoms.